The van der Waals surface area contributed by atoms with Crippen LogP contribution in [0.4, 0.5) is 5.69 Å². The Morgan fingerprint density at radius 3 is 2.82 bits per heavy atom. The minimum Gasteiger partial charge on any atom is -0.398 e. The second-order valence-corrected chi connectivity index (χ2v) is 5.20. The molecule has 0 bridgehead atoms. The molecule has 0 aliphatic carbocycles. The van der Waals surface area contributed by atoms with E-state index in [1.165, 1.54) is 18.5 Å². The summed E-state index contributed by atoms with van der Waals surface area (Å²) in [6.07, 6.45) is 1.24. The van der Waals surface area contributed by atoms with Crippen molar-refractivity contribution in [2.45, 2.75) is 13.0 Å². The molecule has 0 unspecified atom stereocenters. The number of rotatable bonds is 2. The Bertz CT molecular complexity index is 381. The van der Waals surface area contributed by atoms with E-state index in [4.69, 9.17) is 17.3 Å². The van der Waals surface area contributed by atoms with Crippen LogP contribution in [0.2, 0.25) is 5.02 Å². The third kappa shape index (κ3) is 3.60. The Morgan fingerprint density at radius 1 is 1.24 bits per heavy atom. The van der Waals surface area contributed by atoms with E-state index in [-0.39, 0.29) is 0 Å². The fourth-order valence-electron chi connectivity index (χ4n) is 2.19. The van der Waals surface area contributed by atoms with Crippen molar-refractivity contribution in [3.8, 4) is 0 Å². The Labute approximate surface area is 108 Å². The first-order valence-electron chi connectivity index (χ1n) is 6.10. The van der Waals surface area contributed by atoms with Crippen molar-refractivity contribution in [3.05, 3.63) is 28.8 Å². The van der Waals surface area contributed by atoms with Gasteiger partial charge in [-0.1, -0.05) is 17.7 Å². The van der Waals surface area contributed by atoms with Crippen LogP contribution in [-0.2, 0) is 6.54 Å². The number of hydrogen-bond donors (Lipinski definition) is 1. The van der Waals surface area contributed by atoms with Crippen LogP contribution in [0, 0.1) is 0 Å². The highest BCUT2D eigenvalue weighted by molar-refractivity contribution is 6.33. The van der Waals surface area contributed by atoms with E-state index in [9.17, 15) is 0 Å². The van der Waals surface area contributed by atoms with E-state index in [1.54, 1.807) is 0 Å². The zero-order valence-corrected chi connectivity index (χ0v) is 11.1. The van der Waals surface area contributed by atoms with Crippen molar-refractivity contribution in [1.29, 1.82) is 0 Å². The minimum absolute atomic E-state index is 0.658. The largest absolute Gasteiger partial charge is 0.398 e. The molecule has 1 heterocycles. The van der Waals surface area contributed by atoms with Crippen LogP contribution in [0.15, 0.2) is 18.2 Å². The number of hydrogen-bond acceptors (Lipinski definition) is 3. The molecule has 1 fully saturated rings. The number of anilines is 1. The van der Waals surface area contributed by atoms with Gasteiger partial charge in [0.05, 0.1) is 10.7 Å². The quantitative estimate of drug-likeness (QED) is 0.819. The highest BCUT2D eigenvalue weighted by Gasteiger charge is 2.12. The molecule has 94 valence electrons. The highest BCUT2D eigenvalue weighted by atomic mass is 35.5. The summed E-state index contributed by atoms with van der Waals surface area (Å²) < 4.78 is 0. The predicted molar refractivity (Wildman–Crippen MR) is 73.3 cm³/mol. The monoisotopic (exact) mass is 253 g/mol. The van der Waals surface area contributed by atoms with Crippen molar-refractivity contribution >= 4 is 17.3 Å². The second-order valence-electron chi connectivity index (χ2n) is 4.79. The summed E-state index contributed by atoms with van der Waals surface area (Å²) in [5.41, 5.74) is 7.62. The number of benzene rings is 1. The second kappa shape index (κ2) is 5.71. The fourth-order valence-corrected chi connectivity index (χ4v) is 2.39. The van der Waals surface area contributed by atoms with Crippen LogP contribution in [0.5, 0.6) is 0 Å². The zero-order chi connectivity index (χ0) is 12.3. The van der Waals surface area contributed by atoms with Gasteiger partial charge in [0, 0.05) is 19.6 Å². The third-order valence-electron chi connectivity index (χ3n) is 3.28. The molecule has 1 aliphatic heterocycles. The summed E-state index contributed by atoms with van der Waals surface area (Å²) in [5.74, 6) is 0. The average molecular weight is 254 g/mol. The van der Waals surface area contributed by atoms with E-state index in [0.717, 1.165) is 26.2 Å². The van der Waals surface area contributed by atoms with Gasteiger partial charge in [0.2, 0.25) is 0 Å². The maximum absolute atomic E-state index is 6.04. The van der Waals surface area contributed by atoms with Gasteiger partial charge in [-0.3, -0.25) is 4.90 Å². The first-order chi connectivity index (χ1) is 8.15. The van der Waals surface area contributed by atoms with Crippen LogP contribution in [0.25, 0.3) is 0 Å². The Morgan fingerprint density at radius 2 is 2.06 bits per heavy atom. The summed E-state index contributed by atoms with van der Waals surface area (Å²) in [7, 11) is 2.18. The number of halogens is 1. The number of likely N-dealkylation sites (N-methyl/N-ethyl adjacent to an activating group) is 1. The number of nitrogen functional groups attached to an aromatic ring is 1. The molecular weight excluding hydrogens is 234 g/mol. The lowest BCUT2D eigenvalue weighted by molar-refractivity contribution is 0.269. The summed E-state index contributed by atoms with van der Waals surface area (Å²) >= 11 is 6.04. The first-order valence-corrected chi connectivity index (χ1v) is 6.48. The molecule has 1 aliphatic rings. The molecule has 2 N–H and O–H groups in total. The van der Waals surface area contributed by atoms with Crippen LogP contribution in [0.1, 0.15) is 12.0 Å². The molecule has 4 heteroatoms. The summed E-state index contributed by atoms with van der Waals surface area (Å²) in [6, 6.07) is 5.93. The molecule has 2 rings (SSSR count). The van der Waals surface area contributed by atoms with Crippen molar-refractivity contribution < 1.29 is 0 Å². The molecule has 1 aromatic rings. The predicted octanol–water partition coefficient (Wildman–Crippen LogP) is 2.06. The van der Waals surface area contributed by atoms with E-state index in [2.05, 4.69) is 22.9 Å². The minimum atomic E-state index is 0.658. The molecular formula is C13H20ClN3. The van der Waals surface area contributed by atoms with Crippen LogP contribution >= 0.6 is 11.6 Å². The van der Waals surface area contributed by atoms with Crippen LogP contribution in [-0.4, -0.2) is 43.0 Å². The molecule has 0 atom stereocenters. The van der Waals surface area contributed by atoms with E-state index in [1.807, 2.05) is 12.1 Å². The average Bonchev–Trinajstić information content (AvgIpc) is 2.49. The van der Waals surface area contributed by atoms with Gasteiger partial charge in [0.25, 0.3) is 0 Å². The lowest BCUT2D eigenvalue weighted by Gasteiger charge is -2.20. The van der Waals surface area contributed by atoms with Crippen molar-refractivity contribution in [2.75, 3.05) is 39.0 Å². The molecule has 0 radical (unpaired) electrons. The third-order valence-corrected chi connectivity index (χ3v) is 3.61. The summed E-state index contributed by atoms with van der Waals surface area (Å²) in [4.78, 5) is 4.86. The SMILES string of the molecule is CN1CCCN(Cc2ccc(N)c(Cl)c2)CC1. The Kier molecular flexibility index (Phi) is 4.26. The van der Waals surface area contributed by atoms with Gasteiger partial charge in [0.15, 0.2) is 0 Å². The lowest BCUT2D eigenvalue weighted by atomic mass is 10.2. The molecule has 1 saturated heterocycles. The Balaban J connectivity index is 1.97. The fraction of sp³-hybridized carbons (Fsp3) is 0.538. The van der Waals surface area contributed by atoms with Crippen molar-refractivity contribution in [2.24, 2.45) is 0 Å². The van der Waals surface area contributed by atoms with Gasteiger partial charge in [-0.25, -0.2) is 0 Å². The van der Waals surface area contributed by atoms with Crippen LogP contribution in [0.3, 0.4) is 0 Å². The van der Waals surface area contributed by atoms with Gasteiger partial charge in [-0.15, -0.1) is 0 Å². The molecule has 0 aromatic heterocycles. The standard InChI is InChI=1S/C13H20ClN3/c1-16-5-2-6-17(8-7-16)10-11-3-4-13(15)12(14)9-11/h3-4,9H,2,5-8,10,15H2,1H3. The smallest absolute Gasteiger partial charge is 0.0638 e. The lowest BCUT2D eigenvalue weighted by Crippen LogP contribution is -2.28. The van der Waals surface area contributed by atoms with Crippen molar-refractivity contribution in [3.63, 3.8) is 0 Å². The van der Waals surface area contributed by atoms with E-state index in [0.29, 0.717) is 10.7 Å². The van der Waals surface area contributed by atoms with Gasteiger partial charge < -0.3 is 10.6 Å². The summed E-state index contributed by atoms with van der Waals surface area (Å²) in [6.45, 7) is 5.58. The first kappa shape index (κ1) is 12.7. The summed E-state index contributed by atoms with van der Waals surface area (Å²) in [5, 5.41) is 0.662. The molecule has 17 heavy (non-hydrogen) atoms. The highest BCUT2D eigenvalue weighted by Crippen LogP contribution is 2.20. The molecule has 0 spiro atoms. The maximum atomic E-state index is 6.04. The van der Waals surface area contributed by atoms with E-state index >= 15 is 0 Å². The maximum Gasteiger partial charge on any atom is 0.0638 e. The van der Waals surface area contributed by atoms with Crippen LogP contribution < -0.4 is 5.73 Å². The van der Waals surface area contributed by atoms with Gasteiger partial charge in [-0.2, -0.15) is 0 Å². The van der Waals surface area contributed by atoms with Crippen molar-refractivity contribution in [1.82, 2.24) is 9.80 Å². The number of nitrogens with zero attached hydrogens (tertiary/aromatic N) is 2. The topological polar surface area (TPSA) is 32.5 Å². The van der Waals surface area contributed by atoms with E-state index < -0.39 is 0 Å². The van der Waals surface area contributed by atoms with Gasteiger partial charge in [-0.05, 0) is 44.3 Å². The molecule has 0 saturated carbocycles. The van der Waals surface area contributed by atoms with Gasteiger partial charge in [0.1, 0.15) is 0 Å². The molecule has 0 amide bonds. The normalized spacial score (nSPS) is 19.2. The molecule has 1 aromatic carbocycles. The zero-order valence-electron chi connectivity index (χ0n) is 10.3. The van der Waals surface area contributed by atoms with Gasteiger partial charge >= 0.3 is 0 Å². The molecule has 3 nitrogen and oxygen atoms in total. The Hall–Kier alpha value is -0.770. The number of nitrogens with two attached hydrogens (primary N) is 1.